The molecule has 0 unspecified atom stereocenters. The summed E-state index contributed by atoms with van der Waals surface area (Å²) in [4.78, 5) is 0. The van der Waals surface area contributed by atoms with Crippen molar-refractivity contribution in [3.8, 4) is 0 Å². The Morgan fingerprint density at radius 2 is 0.885 bits per heavy atom. The lowest BCUT2D eigenvalue weighted by Crippen LogP contribution is -2.27. The van der Waals surface area contributed by atoms with Crippen molar-refractivity contribution in [3.05, 3.63) is 105 Å². The highest BCUT2D eigenvalue weighted by molar-refractivity contribution is 5.68. The van der Waals surface area contributed by atoms with Gasteiger partial charge in [0.1, 0.15) is 0 Å². The second-order valence-corrected chi connectivity index (χ2v) is 8.58. The van der Waals surface area contributed by atoms with E-state index in [0.717, 1.165) is 0 Å². The maximum Gasteiger partial charge on any atom is 0.0349 e. The Hall–Kier alpha value is -2.34. The number of rotatable bonds is 2. The molecule has 3 aliphatic carbocycles. The van der Waals surface area contributed by atoms with Crippen LogP contribution in [0.1, 0.15) is 95.9 Å². The van der Waals surface area contributed by atoms with Gasteiger partial charge in [-0.1, -0.05) is 88.4 Å². The highest BCUT2D eigenvalue weighted by Crippen LogP contribution is 2.56. The first-order valence-electron chi connectivity index (χ1n) is 9.92. The standard InChI is InChI=1S/C26H26/c1-15(2)17-9-11-21-23(13-17)26-20-8-6-5-7-19(20)25(21)22-12-10-18(16(3)4)14-24(22)26/h5-16,25-26H,1-4H3. The van der Waals surface area contributed by atoms with E-state index in [9.17, 15) is 0 Å². The van der Waals surface area contributed by atoms with Crippen LogP contribution in [0.15, 0.2) is 60.7 Å². The zero-order valence-electron chi connectivity index (χ0n) is 16.1. The van der Waals surface area contributed by atoms with Gasteiger partial charge >= 0.3 is 0 Å². The molecule has 0 heterocycles. The van der Waals surface area contributed by atoms with Gasteiger partial charge in [0.15, 0.2) is 0 Å². The molecule has 0 radical (unpaired) electrons. The van der Waals surface area contributed by atoms with E-state index < -0.39 is 0 Å². The fourth-order valence-electron chi connectivity index (χ4n) is 4.97. The lowest BCUT2D eigenvalue weighted by Gasteiger charge is -2.43. The summed E-state index contributed by atoms with van der Waals surface area (Å²) in [5.74, 6) is 1.91. The van der Waals surface area contributed by atoms with Crippen molar-refractivity contribution in [2.24, 2.45) is 0 Å². The Bertz CT molecular complexity index is 947. The summed E-state index contributed by atoms with van der Waals surface area (Å²) < 4.78 is 0. The third-order valence-electron chi connectivity index (χ3n) is 6.42. The topological polar surface area (TPSA) is 0 Å². The van der Waals surface area contributed by atoms with Gasteiger partial charge in [0.2, 0.25) is 0 Å². The summed E-state index contributed by atoms with van der Waals surface area (Å²) in [5.41, 5.74) is 12.0. The molecule has 0 nitrogen and oxygen atoms in total. The lowest BCUT2D eigenvalue weighted by atomic mass is 9.60. The molecule has 0 aliphatic heterocycles. The molecule has 0 spiro atoms. The van der Waals surface area contributed by atoms with E-state index >= 15 is 0 Å². The van der Waals surface area contributed by atoms with Crippen molar-refractivity contribution in [2.45, 2.75) is 51.4 Å². The summed E-state index contributed by atoms with van der Waals surface area (Å²) in [6.45, 7) is 9.17. The van der Waals surface area contributed by atoms with Crippen molar-refractivity contribution in [3.63, 3.8) is 0 Å². The van der Waals surface area contributed by atoms with Crippen molar-refractivity contribution >= 4 is 0 Å². The molecule has 2 bridgehead atoms. The molecule has 3 aromatic rings. The molecule has 130 valence electrons. The van der Waals surface area contributed by atoms with Crippen LogP contribution in [0, 0.1) is 0 Å². The normalized spacial score (nSPS) is 19.5. The molecule has 0 atom stereocenters. The summed E-state index contributed by atoms with van der Waals surface area (Å²) in [6.07, 6.45) is 0. The Labute approximate surface area is 156 Å². The maximum atomic E-state index is 2.48. The third kappa shape index (κ3) is 2.08. The molecule has 6 rings (SSSR count). The van der Waals surface area contributed by atoms with Crippen molar-refractivity contribution in [1.29, 1.82) is 0 Å². The van der Waals surface area contributed by atoms with Crippen LogP contribution in [-0.2, 0) is 0 Å². The number of benzene rings is 3. The summed E-state index contributed by atoms with van der Waals surface area (Å²) >= 11 is 0. The van der Waals surface area contributed by atoms with Crippen LogP contribution in [0.5, 0.6) is 0 Å². The third-order valence-corrected chi connectivity index (χ3v) is 6.42. The van der Waals surface area contributed by atoms with E-state index in [0.29, 0.717) is 23.7 Å². The van der Waals surface area contributed by atoms with Crippen molar-refractivity contribution in [2.75, 3.05) is 0 Å². The minimum absolute atomic E-state index is 0.388. The predicted molar refractivity (Wildman–Crippen MR) is 109 cm³/mol. The van der Waals surface area contributed by atoms with E-state index in [-0.39, 0.29) is 0 Å². The second kappa shape index (κ2) is 5.58. The highest BCUT2D eigenvalue weighted by Gasteiger charge is 2.41. The molecule has 0 heteroatoms. The van der Waals surface area contributed by atoms with Crippen LogP contribution < -0.4 is 0 Å². The average Bonchev–Trinajstić information content (AvgIpc) is 2.66. The molecule has 0 saturated carbocycles. The van der Waals surface area contributed by atoms with Crippen LogP contribution in [0.25, 0.3) is 0 Å². The number of hydrogen-bond donors (Lipinski definition) is 0. The molecule has 3 aromatic carbocycles. The van der Waals surface area contributed by atoms with Gasteiger partial charge in [0.05, 0.1) is 0 Å². The van der Waals surface area contributed by atoms with Gasteiger partial charge in [-0.05, 0) is 56.3 Å². The van der Waals surface area contributed by atoms with Gasteiger partial charge in [-0.3, -0.25) is 0 Å². The van der Waals surface area contributed by atoms with Gasteiger partial charge in [-0.25, -0.2) is 0 Å². The fourth-order valence-corrected chi connectivity index (χ4v) is 4.97. The molecule has 0 N–H and O–H groups in total. The summed E-state index contributed by atoms with van der Waals surface area (Å²) in [5, 5.41) is 0. The zero-order chi connectivity index (χ0) is 18.0. The average molecular weight is 338 g/mol. The first-order chi connectivity index (χ1) is 12.6. The van der Waals surface area contributed by atoms with Gasteiger partial charge in [0.25, 0.3) is 0 Å². The molecule has 0 amide bonds. The Morgan fingerprint density at radius 1 is 0.500 bits per heavy atom. The van der Waals surface area contributed by atoms with Gasteiger partial charge < -0.3 is 0 Å². The zero-order valence-corrected chi connectivity index (χ0v) is 16.1. The van der Waals surface area contributed by atoms with Crippen molar-refractivity contribution in [1.82, 2.24) is 0 Å². The quantitative estimate of drug-likeness (QED) is 0.328. The lowest BCUT2D eigenvalue weighted by molar-refractivity contribution is 0.740. The van der Waals surface area contributed by atoms with Crippen LogP contribution in [-0.4, -0.2) is 0 Å². The smallest absolute Gasteiger partial charge is 0.0349 e. The summed E-state index contributed by atoms with van der Waals surface area (Å²) in [6, 6.07) is 23.5. The van der Waals surface area contributed by atoms with E-state index in [2.05, 4.69) is 88.4 Å². The first-order valence-corrected chi connectivity index (χ1v) is 9.92. The second-order valence-electron chi connectivity index (χ2n) is 8.58. The van der Waals surface area contributed by atoms with Gasteiger partial charge in [-0.15, -0.1) is 0 Å². The predicted octanol–water partition coefficient (Wildman–Crippen LogP) is 6.92. The van der Waals surface area contributed by atoms with Crippen LogP contribution in [0.4, 0.5) is 0 Å². The molecular weight excluding hydrogens is 312 g/mol. The first kappa shape index (κ1) is 15.9. The van der Waals surface area contributed by atoms with Crippen LogP contribution in [0.2, 0.25) is 0 Å². The van der Waals surface area contributed by atoms with Gasteiger partial charge in [-0.2, -0.15) is 0 Å². The monoisotopic (exact) mass is 338 g/mol. The minimum Gasteiger partial charge on any atom is -0.0619 e. The van der Waals surface area contributed by atoms with E-state index in [1.165, 1.54) is 44.5 Å². The Balaban J connectivity index is 1.80. The number of hydrogen-bond acceptors (Lipinski definition) is 0. The minimum atomic E-state index is 0.388. The highest BCUT2D eigenvalue weighted by atomic mass is 14.4. The molecular formula is C26H26. The summed E-state index contributed by atoms with van der Waals surface area (Å²) in [7, 11) is 0. The van der Waals surface area contributed by atoms with E-state index in [1.807, 2.05) is 0 Å². The Morgan fingerprint density at radius 3 is 1.31 bits per heavy atom. The molecule has 26 heavy (non-hydrogen) atoms. The maximum absolute atomic E-state index is 2.48. The SMILES string of the molecule is CC(C)c1ccc2c(c1)C1c3ccccc3C2c2ccc(C(C)C)cc21. The largest absolute Gasteiger partial charge is 0.0619 e. The molecule has 3 aliphatic rings. The Kier molecular flexibility index (Phi) is 3.41. The molecule has 0 fully saturated rings. The fraction of sp³-hybridized carbons (Fsp3) is 0.308. The van der Waals surface area contributed by atoms with Gasteiger partial charge in [0, 0.05) is 11.8 Å². The molecule has 0 saturated heterocycles. The molecule has 0 aromatic heterocycles. The van der Waals surface area contributed by atoms with E-state index in [1.54, 1.807) is 0 Å². The van der Waals surface area contributed by atoms with Crippen LogP contribution in [0.3, 0.4) is 0 Å². The van der Waals surface area contributed by atoms with Crippen molar-refractivity contribution < 1.29 is 0 Å². The van der Waals surface area contributed by atoms with E-state index in [4.69, 9.17) is 0 Å². The van der Waals surface area contributed by atoms with Crippen LogP contribution >= 0.6 is 0 Å².